The lowest BCUT2D eigenvalue weighted by molar-refractivity contribution is -0.141. The van der Waals surface area contributed by atoms with Gasteiger partial charge >= 0.3 is 5.97 Å². The Morgan fingerprint density at radius 3 is 2.62 bits per heavy atom. The fraction of sp³-hybridized carbons (Fsp3) is 0.182. The molecule has 0 aliphatic heterocycles. The Labute approximate surface area is 98.8 Å². The maximum absolute atomic E-state index is 11.2. The Kier molecular flexibility index (Phi) is 4.42. The fourth-order valence-electron chi connectivity index (χ4n) is 1.07. The van der Waals surface area contributed by atoms with Crippen LogP contribution in [0.2, 0.25) is 0 Å². The highest BCUT2D eigenvalue weighted by Gasteiger charge is 2.23. The summed E-state index contributed by atoms with van der Waals surface area (Å²) in [4.78, 5) is 11.3. The summed E-state index contributed by atoms with van der Waals surface area (Å²) in [6, 6.07) is 10.9. The number of carbonyl (C=O) groups excluding carboxylic acids is 1. The summed E-state index contributed by atoms with van der Waals surface area (Å²) in [5.74, 6) is -1.73. The maximum atomic E-state index is 11.2. The zero-order valence-electron chi connectivity index (χ0n) is 8.64. The molecular weight excluding hydrogens is 224 g/mol. The lowest BCUT2D eigenvalue weighted by atomic mass is 10.1. The molecule has 0 amide bonds. The number of rotatable bonds is 3. The van der Waals surface area contributed by atoms with E-state index in [-0.39, 0.29) is 4.99 Å². The Morgan fingerprint density at radius 1 is 1.50 bits per heavy atom. The average Bonchev–Trinajstić information content (AvgIpc) is 2.31. The minimum atomic E-state index is -1.07. The number of hydrogen-bond acceptors (Lipinski definition) is 4. The summed E-state index contributed by atoms with van der Waals surface area (Å²) < 4.78 is 4.47. The number of anilines is 1. The second-order valence-electron chi connectivity index (χ2n) is 2.94. The average molecular weight is 234 g/mol. The van der Waals surface area contributed by atoms with Crippen LogP contribution in [0.3, 0.4) is 0 Å². The molecule has 0 fully saturated rings. The summed E-state index contributed by atoms with van der Waals surface area (Å²) in [6.45, 7) is 0. The van der Waals surface area contributed by atoms with Crippen LogP contribution in [0.15, 0.2) is 30.3 Å². The van der Waals surface area contributed by atoms with Crippen LogP contribution in [-0.2, 0) is 9.53 Å². The van der Waals surface area contributed by atoms with Gasteiger partial charge in [-0.25, -0.2) is 0 Å². The molecule has 0 heterocycles. The maximum Gasteiger partial charge on any atom is 0.330 e. The number of hydrogen-bond donors (Lipinski definition) is 1. The molecule has 0 saturated carbocycles. The van der Waals surface area contributed by atoms with E-state index in [1.165, 1.54) is 7.11 Å². The second-order valence-corrected chi connectivity index (χ2v) is 3.38. The lowest BCUT2D eigenvalue weighted by Gasteiger charge is -2.10. The first-order chi connectivity index (χ1) is 7.69. The van der Waals surface area contributed by atoms with Gasteiger partial charge in [0.15, 0.2) is 5.92 Å². The standard InChI is InChI=1S/C11H10N2O2S/c1-15-11(14)9(7-12)10(16)13-8-5-3-2-4-6-8/h2-6,9H,1H3,(H,13,16). The van der Waals surface area contributed by atoms with Crippen molar-refractivity contribution >= 4 is 28.9 Å². The van der Waals surface area contributed by atoms with E-state index in [1.54, 1.807) is 18.2 Å². The first kappa shape index (κ1) is 12.1. The van der Waals surface area contributed by atoms with Gasteiger partial charge in [-0.1, -0.05) is 30.4 Å². The molecule has 16 heavy (non-hydrogen) atoms. The van der Waals surface area contributed by atoms with Crippen molar-refractivity contribution < 1.29 is 9.53 Å². The number of nitrogens with one attached hydrogen (secondary N) is 1. The summed E-state index contributed by atoms with van der Waals surface area (Å²) in [6.07, 6.45) is 0. The first-order valence-electron chi connectivity index (χ1n) is 4.52. The van der Waals surface area contributed by atoms with E-state index in [4.69, 9.17) is 17.5 Å². The van der Waals surface area contributed by atoms with Crippen molar-refractivity contribution in [3.8, 4) is 6.07 Å². The summed E-state index contributed by atoms with van der Waals surface area (Å²) in [5.41, 5.74) is 0.733. The van der Waals surface area contributed by atoms with Gasteiger partial charge in [0.1, 0.15) is 4.99 Å². The van der Waals surface area contributed by atoms with Crippen LogP contribution in [0, 0.1) is 17.2 Å². The number of nitrogens with zero attached hydrogens (tertiary/aromatic N) is 1. The molecule has 0 aliphatic rings. The highest BCUT2D eigenvalue weighted by atomic mass is 32.1. The largest absolute Gasteiger partial charge is 0.468 e. The molecule has 1 N–H and O–H groups in total. The molecule has 0 aliphatic carbocycles. The Hall–Kier alpha value is -1.93. The van der Waals surface area contributed by atoms with Crippen molar-refractivity contribution in [3.05, 3.63) is 30.3 Å². The lowest BCUT2D eigenvalue weighted by Crippen LogP contribution is -2.27. The molecule has 82 valence electrons. The number of nitriles is 1. The molecule has 0 radical (unpaired) electrons. The highest BCUT2D eigenvalue weighted by molar-refractivity contribution is 7.80. The number of para-hydroxylation sites is 1. The predicted octanol–water partition coefficient (Wildman–Crippen LogP) is 1.74. The van der Waals surface area contributed by atoms with Gasteiger partial charge in [0.2, 0.25) is 0 Å². The molecular formula is C11H10N2O2S. The third-order valence-electron chi connectivity index (χ3n) is 1.87. The van der Waals surface area contributed by atoms with Crippen molar-refractivity contribution in [1.82, 2.24) is 0 Å². The van der Waals surface area contributed by atoms with Crippen LogP contribution in [0.5, 0.6) is 0 Å². The van der Waals surface area contributed by atoms with E-state index in [0.29, 0.717) is 0 Å². The van der Waals surface area contributed by atoms with Crippen LogP contribution in [0.1, 0.15) is 0 Å². The van der Waals surface area contributed by atoms with E-state index in [0.717, 1.165) is 5.69 Å². The van der Waals surface area contributed by atoms with Crippen molar-refractivity contribution in [2.45, 2.75) is 0 Å². The third kappa shape index (κ3) is 3.04. The van der Waals surface area contributed by atoms with E-state index < -0.39 is 11.9 Å². The molecule has 1 aromatic carbocycles. The Morgan fingerprint density at radius 2 is 2.12 bits per heavy atom. The van der Waals surface area contributed by atoms with Gasteiger partial charge in [-0.15, -0.1) is 0 Å². The molecule has 0 bridgehead atoms. The number of methoxy groups -OCH3 is 1. The van der Waals surface area contributed by atoms with Crippen LogP contribution in [0.25, 0.3) is 0 Å². The summed E-state index contributed by atoms with van der Waals surface area (Å²) in [7, 11) is 1.22. The van der Waals surface area contributed by atoms with Gasteiger partial charge in [-0.2, -0.15) is 5.26 Å². The quantitative estimate of drug-likeness (QED) is 0.637. The highest BCUT2D eigenvalue weighted by Crippen LogP contribution is 2.09. The Bertz CT molecular complexity index is 425. The number of thiocarbonyl (C=S) groups is 1. The Balaban J connectivity index is 2.72. The van der Waals surface area contributed by atoms with Gasteiger partial charge < -0.3 is 10.1 Å². The van der Waals surface area contributed by atoms with E-state index in [2.05, 4.69) is 10.1 Å². The SMILES string of the molecule is COC(=O)C(C#N)C(=S)Nc1ccccc1. The van der Waals surface area contributed by atoms with E-state index >= 15 is 0 Å². The van der Waals surface area contributed by atoms with Crippen molar-refractivity contribution in [2.75, 3.05) is 12.4 Å². The molecule has 0 aromatic heterocycles. The van der Waals surface area contributed by atoms with Crippen molar-refractivity contribution in [3.63, 3.8) is 0 Å². The predicted molar refractivity (Wildman–Crippen MR) is 63.8 cm³/mol. The van der Waals surface area contributed by atoms with Crippen molar-refractivity contribution in [2.24, 2.45) is 5.92 Å². The molecule has 4 nitrogen and oxygen atoms in total. The van der Waals surface area contributed by atoms with Crippen molar-refractivity contribution in [1.29, 1.82) is 5.26 Å². The molecule has 1 unspecified atom stereocenters. The van der Waals surface area contributed by atoms with E-state index in [9.17, 15) is 4.79 Å². The molecule has 0 saturated heterocycles. The van der Waals surface area contributed by atoms with Gasteiger partial charge in [0.25, 0.3) is 0 Å². The molecule has 1 atom stereocenters. The van der Waals surface area contributed by atoms with Crippen LogP contribution < -0.4 is 5.32 Å². The first-order valence-corrected chi connectivity index (χ1v) is 4.93. The van der Waals surface area contributed by atoms with Gasteiger partial charge in [0, 0.05) is 5.69 Å². The minimum absolute atomic E-state index is 0.139. The molecule has 5 heteroatoms. The fourth-order valence-corrected chi connectivity index (χ4v) is 1.34. The third-order valence-corrected chi connectivity index (χ3v) is 2.21. The number of esters is 1. The summed E-state index contributed by atoms with van der Waals surface area (Å²) in [5, 5.41) is 11.6. The van der Waals surface area contributed by atoms with Gasteiger partial charge in [-0.3, -0.25) is 4.79 Å². The monoisotopic (exact) mass is 234 g/mol. The molecule has 1 aromatic rings. The topological polar surface area (TPSA) is 62.1 Å². The minimum Gasteiger partial charge on any atom is -0.468 e. The van der Waals surface area contributed by atoms with Crippen LogP contribution in [-0.4, -0.2) is 18.1 Å². The zero-order chi connectivity index (χ0) is 12.0. The second kappa shape index (κ2) is 5.83. The number of ether oxygens (including phenoxy) is 1. The van der Waals surface area contributed by atoms with Crippen LogP contribution >= 0.6 is 12.2 Å². The summed E-state index contributed by atoms with van der Waals surface area (Å²) >= 11 is 4.96. The van der Waals surface area contributed by atoms with Crippen LogP contribution in [0.4, 0.5) is 5.69 Å². The number of benzene rings is 1. The van der Waals surface area contributed by atoms with Gasteiger partial charge in [0.05, 0.1) is 13.2 Å². The number of carbonyl (C=O) groups is 1. The zero-order valence-corrected chi connectivity index (χ0v) is 9.45. The molecule has 1 rings (SSSR count). The normalized spacial score (nSPS) is 11.0. The molecule has 0 spiro atoms. The smallest absolute Gasteiger partial charge is 0.330 e. The van der Waals surface area contributed by atoms with Gasteiger partial charge in [-0.05, 0) is 12.1 Å². The van der Waals surface area contributed by atoms with E-state index in [1.807, 2.05) is 18.2 Å².